The van der Waals surface area contributed by atoms with Crippen LogP contribution in [0.25, 0.3) is 0 Å². The van der Waals surface area contributed by atoms with Crippen LogP contribution in [0.15, 0.2) is 11.5 Å². The minimum atomic E-state index is -0.992. The second-order valence-electron chi connectivity index (χ2n) is 6.75. The van der Waals surface area contributed by atoms with Crippen LogP contribution in [0, 0.1) is 5.92 Å². The van der Waals surface area contributed by atoms with Gasteiger partial charge in [0, 0.05) is 0 Å². The van der Waals surface area contributed by atoms with Crippen molar-refractivity contribution < 1.29 is 14.8 Å². The Labute approximate surface area is 118 Å². The Kier molecular flexibility index (Phi) is 5.66. The highest BCUT2D eigenvalue weighted by molar-refractivity contribution is 6.52. The Balaban J connectivity index is 2.58. The van der Waals surface area contributed by atoms with Gasteiger partial charge in [-0.15, -0.1) is 0 Å². The van der Waals surface area contributed by atoms with Crippen molar-refractivity contribution in [3.05, 3.63) is 11.5 Å². The quantitative estimate of drug-likeness (QED) is 0.728. The number of allylic oxidation sites excluding steroid dienone is 2. The van der Waals surface area contributed by atoms with E-state index in [0.717, 1.165) is 30.7 Å². The molecule has 0 bridgehead atoms. The Bertz CT molecular complexity index is 318. The molecule has 0 amide bonds. The fraction of sp³-hybridized carbons (Fsp3) is 0.867. The average molecular weight is 268 g/mol. The van der Waals surface area contributed by atoms with Crippen molar-refractivity contribution in [1.82, 2.24) is 0 Å². The summed E-state index contributed by atoms with van der Waals surface area (Å²) in [4.78, 5) is 0. The first-order valence-electron chi connectivity index (χ1n) is 7.44. The highest BCUT2D eigenvalue weighted by atomic mass is 16.5. The molecule has 1 rings (SSSR count). The van der Waals surface area contributed by atoms with Gasteiger partial charge in [-0.05, 0) is 58.3 Å². The summed E-state index contributed by atoms with van der Waals surface area (Å²) in [6.07, 6.45) is 7.66. The monoisotopic (exact) mass is 268 g/mol. The molecule has 0 saturated carbocycles. The Morgan fingerprint density at radius 2 is 2.00 bits per heavy atom. The summed E-state index contributed by atoms with van der Waals surface area (Å²) in [6, 6.07) is 0. The van der Waals surface area contributed by atoms with E-state index in [-0.39, 0.29) is 0 Å². The first-order chi connectivity index (χ1) is 8.67. The highest BCUT2D eigenvalue weighted by Crippen LogP contribution is 2.31. The smallest absolute Gasteiger partial charge is 0.423 e. The van der Waals surface area contributed by atoms with Crippen molar-refractivity contribution in [2.45, 2.75) is 77.9 Å². The maximum absolute atomic E-state index is 10.2. The molecule has 3 nitrogen and oxygen atoms in total. The van der Waals surface area contributed by atoms with Crippen LogP contribution in [0.5, 0.6) is 0 Å². The molecular weight excluding hydrogens is 239 g/mol. The van der Waals surface area contributed by atoms with Crippen LogP contribution in [0.1, 0.15) is 66.7 Å². The molecular formula is C15H29BO3. The van der Waals surface area contributed by atoms with E-state index in [2.05, 4.69) is 13.0 Å². The molecule has 110 valence electrons. The van der Waals surface area contributed by atoms with Crippen LogP contribution < -0.4 is 0 Å². The second kappa shape index (κ2) is 6.42. The summed E-state index contributed by atoms with van der Waals surface area (Å²) in [5, 5.41) is 20.2. The van der Waals surface area contributed by atoms with Crippen LogP contribution in [-0.2, 0) is 4.65 Å². The zero-order chi connectivity index (χ0) is 14.7. The van der Waals surface area contributed by atoms with E-state index in [1.165, 1.54) is 12.8 Å². The molecule has 0 fully saturated rings. The molecule has 0 aromatic rings. The van der Waals surface area contributed by atoms with Crippen LogP contribution in [0.2, 0.25) is 0 Å². The van der Waals surface area contributed by atoms with Gasteiger partial charge in [-0.25, -0.2) is 0 Å². The fourth-order valence-electron chi connectivity index (χ4n) is 2.30. The van der Waals surface area contributed by atoms with E-state index in [4.69, 9.17) is 4.65 Å². The van der Waals surface area contributed by atoms with Crippen LogP contribution >= 0.6 is 0 Å². The molecule has 0 spiro atoms. The van der Waals surface area contributed by atoms with Gasteiger partial charge in [0.2, 0.25) is 0 Å². The van der Waals surface area contributed by atoms with Crippen molar-refractivity contribution in [2.24, 2.45) is 5.92 Å². The van der Waals surface area contributed by atoms with E-state index in [0.29, 0.717) is 0 Å². The minimum absolute atomic E-state index is 0.753. The molecule has 0 aromatic heterocycles. The van der Waals surface area contributed by atoms with Crippen molar-refractivity contribution in [1.29, 1.82) is 0 Å². The van der Waals surface area contributed by atoms with Gasteiger partial charge >= 0.3 is 7.12 Å². The summed E-state index contributed by atoms with van der Waals surface area (Å²) < 4.78 is 5.67. The first kappa shape index (κ1) is 16.7. The molecule has 0 unspecified atom stereocenters. The molecule has 1 atom stereocenters. The van der Waals surface area contributed by atoms with Gasteiger partial charge in [0.1, 0.15) is 0 Å². The molecule has 1 aliphatic rings. The zero-order valence-corrected chi connectivity index (χ0v) is 13.1. The molecule has 1 aliphatic carbocycles. The predicted octanol–water partition coefficient (Wildman–Crippen LogP) is 3.10. The summed E-state index contributed by atoms with van der Waals surface area (Å²) >= 11 is 0. The summed E-state index contributed by atoms with van der Waals surface area (Å²) in [5.74, 6) is 0.753. The van der Waals surface area contributed by atoms with Gasteiger partial charge in [-0.2, -0.15) is 0 Å². The van der Waals surface area contributed by atoms with Crippen LogP contribution in [-0.4, -0.2) is 28.5 Å². The number of hydrogen-bond donors (Lipinski definition) is 2. The third-order valence-electron chi connectivity index (χ3n) is 4.45. The van der Waals surface area contributed by atoms with Gasteiger partial charge in [0.05, 0.1) is 11.2 Å². The lowest BCUT2D eigenvalue weighted by Gasteiger charge is -2.39. The average Bonchev–Trinajstić information content (AvgIpc) is 2.28. The van der Waals surface area contributed by atoms with Gasteiger partial charge in [-0.3, -0.25) is 0 Å². The van der Waals surface area contributed by atoms with Crippen LogP contribution in [0.3, 0.4) is 0 Å². The van der Waals surface area contributed by atoms with E-state index in [1.807, 2.05) is 0 Å². The van der Waals surface area contributed by atoms with Crippen molar-refractivity contribution in [2.75, 3.05) is 0 Å². The fourth-order valence-corrected chi connectivity index (χ4v) is 2.30. The summed E-state index contributed by atoms with van der Waals surface area (Å²) in [6.45, 7) is 9.22. The van der Waals surface area contributed by atoms with Gasteiger partial charge in [0.25, 0.3) is 0 Å². The maximum atomic E-state index is 10.2. The van der Waals surface area contributed by atoms with Gasteiger partial charge in [-0.1, -0.05) is 25.8 Å². The second-order valence-corrected chi connectivity index (χ2v) is 6.75. The highest BCUT2D eigenvalue weighted by Gasteiger charge is 2.40. The van der Waals surface area contributed by atoms with E-state index in [1.54, 1.807) is 27.7 Å². The Morgan fingerprint density at radius 1 is 1.37 bits per heavy atom. The van der Waals surface area contributed by atoms with E-state index in [9.17, 15) is 10.1 Å². The third-order valence-corrected chi connectivity index (χ3v) is 4.45. The minimum Gasteiger partial charge on any atom is -0.423 e. The molecule has 0 radical (unpaired) electrons. The third kappa shape index (κ3) is 4.62. The van der Waals surface area contributed by atoms with Crippen molar-refractivity contribution in [3.63, 3.8) is 0 Å². The van der Waals surface area contributed by atoms with Crippen molar-refractivity contribution in [3.8, 4) is 0 Å². The molecule has 0 heterocycles. The summed E-state index contributed by atoms with van der Waals surface area (Å²) in [5.41, 5.74) is -0.814. The van der Waals surface area contributed by atoms with E-state index >= 15 is 0 Å². The first-order valence-corrected chi connectivity index (χ1v) is 7.44. The summed E-state index contributed by atoms with van der Waals surface area (Å²) in [7, 11) is -0.899. The Morgan fingerprint density at radius 3 is 2.42 bits per heavy atom. The van der Waals surface area contributed by atoms with Crippen LogP contribution in [0.4, 0.5) is 0 Å². The standard InChI is InChI=1S/C15H29BO3/c1-6-7-12-8-10-13(11-9-12)16(18)19-15(4,5)14(2,3)17/h10,12,17-18H,6-9,11H2,1-5H3/t12-/m1/s1. The molecule has 19 heavy (non-hydrogen) atoms. The SMILES string of the molecule is CCC[C@@H]1CC=C(B(O)OC(C)(C)C(C)(C)O)CC1. The van der Waals surface area contributed by atoms with Gasteiger partial charge in [0.15, 0.2) is 0 Å². The zero-order valence-electron chi connectivity index (χ0n) is 13.1. The predicted molar refractivity (Wildman–Crippen MR) is 79.8 cm³/mol. The lowest BCUT2D eigenvalue weighted by atomic mass is 9.69. The lowest BCUT2D eigenvalue weighted by molar-refractivity contribution is -0.0990. The molecule has 0 saturated heterocycles. The van der Waals surface area contributed by atoms with E-state index < -0.39 is 18.3 Å². The van der Waals surface area contributed by atoms with Gasteiger partial charge < -0.3 is 14.8 Å². The van der Waals surface area contributed by atoms with Crippen molar-refractivity contribution >= 4 is 7.12 Å². The number of aliphatic hydroxyl groups is 1. The molecule has 0 aliphatic heterocycles. The largest absolute Gasteiger partial charge is 0.487 e. The molecule has 2 N–H and O–H groups in total. The Hall–Kier alpha value is -0.315. The molecule has 4 heteroatoms. The maximum Gasteiger partial charge on any atom is 0.487 e. The number of rotatable bonds is 6. The number of hydrogen-bond acceptors (Lipinski definition) is 3. The normalized spacial score (nSPS) is 21.2. The topological polar surface area (TPSA) is 49.7 Å². The molecule has 0 aromatic carbocycles. The lowest BCUT2D eigenvalue weighted by Crippen LogP contribution is -2.51.